The maximum absolute atomic E-state index is 13.2. The van der Waals surface area contributed by atoms with Crippen LogP contribution in [0.1, 0.15) is 182 Å². The minimum atomic E-state index is -1.25. The highest BCUT2D eigenvalue weighted by atomic mass is 16.6. The van der Waals surface area contributed by atoms with E-state index < -0.39 is 135 Å². The summed E-state index contributed by atoms with van der Waals surface area (Å²) in [6.07, 6.45) is -9.62. The summed E-state index contributed by atoms with van der Waals surface area (Å²) < 4.78 is 47.5. The van der Waals surface area contributed by atoms with Gasteiger partial charge in [0.1, 0.15) is 44.8 Å². The molecule has 0 fully saturated rings. The van der Waals surface area contributed by atoms with Crippen molar-refractivity contribution in [1.29, 1.82) is 0 Å². The molecule has 27 nitrogen and oxygen atoms in total. The fourth-order valence-corrected chi connectivity index (χ4v) is 5.07. The minimum absolute atomic E-state index is 0.140. The van der Waals surface area contributed by atoms with Crippen LogP contribution in [-0.4, -0.2) is 132 Å². The van der Waals surface area contributed by atoms with Crippen LogP contribution in [0.5, 0.6) is 0 Å². The number of rotatable bonds is 6. The van der Waals surface area contributed by atoms with E-state index in [1.807, 2.05) is 0 Å². The number of methoxy groups -OCH3 is 1. The van der Waals surface area contributed by atoms with E-state index in [-0.39, 0.29) is 5.69 Å². The number of anilines is 4. The van der Waals surface area contributed by atoms with Crippen molar-refractivity contribution >= 4 is 78.2 Å². The Labute approximate surface area is 455 Å². The predicted molar refractivity (Wildman–Crippen MR) is 281 cm³/mol. The Hall–Kier alpha value is -7.45. The van der Waals surface area contributed by atoms with E-state index in [9.17, 15) is 48.3 Å². The lowest BCUT2D eigenvalue weighted by Gasteiger charge is -2.29. The van der Waals surface area contributed by atoms with Crippen LogP contribution in [0.2, 0.25) is 0 Å². The first-order valence-corrected chi connectivity index (χ1v) is 24.3. The summed E-state index contributed by atoms with van der Waals surface area (Å²) in [4.78, 5) is 135. The Morgan fingerprint density at radius 2 is 0.577 bits per heavy atom. The molecule has 0 aliphatic heterocycles. The van der Waals surface area contributed by atoms with Gasteiger partial charge in [-0.2, -0.15) is 19.8 Å². The molecule has 27 heteroatoms. The third-order valence-corrected chi connectivity index (χ3v) is 7.48. The molecular weight excluding hydrogens is 1030 g/mol. The molecule has 0 spiro atoms. The number of carbonyl (C=O) groups excluding carboxylic acids is 9. The molecule has 2 heterocycles. The average Bonchev–Trinajstić information content (AvgIpc) is 3.15. The van der Waals surface area contributed by atoms with Gasteiger partial charge in [0.2, 0.25) is 11.9 Å². The van der Waals surface area contributed by atoms with Crippen LogP contribution in [0.15, 0.2) is 12.1 Å². The number of nitrogens with zero attached hydrogens (tertiary/aromatic N) is 8. The Kier molecular flexibility index (Phi) is 22.3. The SMILES string of the molecule is CC(C)(C)OC(=O)N(C(=O)OC(C)(C)C)c1cc(CO)nc(N(C(=O)OC(C)(C)C)C(=O)OC(C)(C)C)n1.COC(=O)c1cc(N(C(=O)OC(C)(C)C)C(=O)OC(C)(C)C)nc(N(C(=O)OC(C)(C)C)C(=O)OC(C)(C)C)n1. The second-order valence-electron chi connectivity index (χ2n) is 24.8. The highest BCUT2D eigenvalue weighted by Crippen LogP contribution is 2.29. The molecule has 0 saturated carbocycles. The quantitative estimate of drug-likeness (QED) is 0.207. The summed E-state index contributed by atoms with van der Waals surface area (Å²) in [6.45, 7) is 37.1. The molecule has 0 atom stereocenters. The molecule has 0 unspecified atom stereocenters. The van der Waals surface area contributed by atoms with Crippen LogP contribution in [0.25, 0.3) is 0 Å². The molecule has 0 aliphatic carbocycles. The van der Waals surface area contributed by atoms with Crippen LogP contribution in [-0.2, 0) is 49.2 Å². The lowest BCUT2D eigenvalue weighted by Crippen LogP contribution is -2.46. The molecule has 0 bridgehead atoms. The van der Waals surface area contributed by atoms with Crippen molar-refractivity contribution in [3.05, 3.63) is 23.5 Å². The first-order chi connectivity index (χ1) is 34.8. The monoisotopic (exact) mass is 1110 g/mol. The number of esters is 1. The predicted octanol–water partition coefficient (Wildman–Crippen LogP) is 10.9. The molecule has 1 N–H and O–H groups in total. The largest absolute Gasteiger partial charge is 0.464 e. The highest BCUT2D eigenvalue weighted by Gasteiger charge is 2.41. The Morgan fingerprint density at radius 3 is 0.795 bits per heavy atom. The van der Waals surface area contributed by atoms with E-state index in [0.29, 0.717) is 19.6 Å². The first kappa shape index (κ1) is 68.6. The third-order valence-electron chi connectivity index (χ3n) is 7.48. The van der Waals surface area contributed by atoms with Gasteiger partial charge < -0.3 is 47.7 Å². The maximum atomic E-state index is 13.2. The number of ether oxygens (including phenoxy) is 9. The van der Waals surface area contributed by atoms with Gasteiger partial charge in [0.05, 0.1) is 19.4 Å². The average molecular weight is 1110 g/mol. The molecule has 0 radical (unpaired) electrons. The topological polar surface area (TPSA) is 321 Å². The van der Waals surface area contributed by atoms with Crippen LogP contribution >= 0.6 is 0 Å². The van der Waals surface area contributed by atoms with E-state index >= 15 is 0 Å². The Morgan fingerprint density at radius 1 is 0.359 bits per heavy atom. The normalized spacial score (nSPS) is 12.2. The molecular formula is C51H80N8O19. The highest BCUT2D eigenvalue weighted by molar-refractivity contribution is 6.12. The zero-order valence-corrected chi connectivity index (χ0v) is 49.7. The van der Waals surface area contributed by atoms with Gasteiger partial charge in [-0.15, -0.1) is 9.80 Å². The van der Waals surface area contributed by atoms with E-state index in [1.54, 1.807) is 166 Å². The van der Waals surface area contributed by atoms with Gasteiger partial charge in [0.25, 0.3) is 0 Å². The van der Waals surface area contributed by atoms with Crippen LogP contribution in [0.3, 0.4) is 0 Å². The molecule has 0 aliphatic rings. The van der Waals surface area contributed by atoms with Crippen molar-refractivity contribution in [2.45, 2.75) is 218 Å². The van der Waals surface area contributed by atoms with Crippen molar-refractivity contribution in [3.63, 3.8) is 0 Å². The van der Waals surface area contributed by atoms with E-state index in [2.05, 4.69) is 19.9 Å². The summed E-state index contributed by atoms with van der Waals surface area (Å²) >= 11 is 0. The zero-order valence-electron chi connectivity index (χ0n) is 49.7. The van der Waals surface area contributed by atoms with Crippen LogP contribution in [0, 0.1) is 0 Å². The summed E-state index contributed by atoms with van der Waals surface area (Å²) in [5.41, 5.74) is -8.97. The third kappa shape index (κ3) is 24.7. The molecule has 2 aromatic heterocycles. The summed E-state index contributed by atoms with van der Waals surface area (Å²) in [7, 11) is 1.06. The van der Waals surface area contributed by atoms with E-state index in [0.717, 1.165) is 19.2 Å². The number of amides is 8. The fraction of sp³-hybridized carbons (Fsp3) is 0.667. The van der Waals surface area contributed by atoms with Gasteiger partial charge in [-0.3, -0.25) is 0 Å². The number of aliphatic hydroxyl groups is 1. The molecule has 2 aromatic rings. The van der Waals surface area contributed by atoms with Gasteiger partial charge in [-0.1, -0.05) is 0 Å². The fourth-order valence-electron chi connectivity index (χ4n) is 5.07. The number of hydrogen-bond donors (Lipinski definition) is 1. The molecule has 0 saturated heterocycles. The summed E-state index contributed by atoms with van der Waals surface area (Å²) in [5.74, 6) is -3.40. The van der Waals surface area contributed by atoms with Crippen molar-refractivity contribution in [2.75, 3.05) is 26.7 Å². The van der Waals surface area contributed by atoms with Crippen molar-refractivity contribution in [1.82, 2.24) is 19.9 Å². The number of imide groups is 4. The van der Waals surface area contributed by atoms with Crippen molar-refractivity contribution < 1.29 is 90.9 Å². The van der Waals surface area contributed by atoms with Gasteiger partial charge >= 0.3 is 54.7 Å². The minimum Gasteiger partial charge on any atom is -0.464 e. The molecule has 78 heavy (non-hydrogen) atoms. The molecule has 2 rings (SSSR count). The zero-order chi connectivity index (χ0) is 61.3. The smallest absolute Gasteiger partial charge is 0.427 e. The van der Waals surface area contributed by atoms with E-state index in [4.69, 9.17) is 42.6 Å². The number of carbonyl (C=O) groups is 9. The maximum Gasteiger partial charge on any atom is 0.427 e. The first-order valence-electron chi connectivity index (χ1n) is 24.3. The van der Waals surface area contributed by atoms with Gasteiger partial charge in [0, 0.05) is 12.1 Å². The molecule has 438 valence electrons. The second-order valence-corrected chi connectivity index (χ2v) is 24.8. The standard InChI is InChI=1S/C26H40N4O10.C25H40N4O9/c1-23(2,3)37-19(32)29(20(33)38-24(4,5)6)16-14-15(17(31)36-13)27-18(28-16)30(21(34)39-25(7,8)9)22(35)40-26(10,11)12;1-22(2,3)35-18(31)28(19(32)36-23(4,5)6)16-13-15(14-30)26-17(27-16)29(20(33)37-24(7,8)9)21(34)38-25(10,11)12/h14H,1-13H3;13,30H,14H2,1-12H3. The lowest BCUT2D eigenvalue weighted by molar-refractivity contribution is 0.0400. The number of hydrogen-bond acceptors (Lipinski definition) is 23. The van der Waals surface area contributed by atoms with Gasteiger partial charge in [-0.25, -0.2) is 53.1 Å². The Balaban J connectivity index is 0.000000781. The summed E-state index contributed by atoms with van der Waals surface area (Å²) in [6, 6.07) is 2.05. The second kappa shape index (κ2) is 25.3. The lowest BCUT2D eigenvalue weighted by atomic mass is 10.2. The number of aromatic nitrogens is 4. The van der Waals surface area contributed by atoms with Crippen molar-refractivity contribution in [3.8, 4) is 0 Å². The van der Waals surface area contributed by atoms with Crippen LogP contribution in [0.4, 0.5) is 61.9 Å². The van der Waals surface area contributed by atoms with Gasteiger partial charge in [-0.05, 0) is 166 Å². The van der Waals surface area contributed by atoms with Crippen LogP contribution < -0.4 is 19.6 Å². The van der Waals surface area contributed by atoms with Gasteiger partial charge in [0.15, 0.2) is 17.3 Å². The Bertz CT molecular complexity index is 2260. The molecule has 8 amide bonds. The molecule has 0 aromatic carbocycles. The van der Waals surface area contributed by atoms with Crippen molar-refractivity contribution in [2.24, 2.45) is 0 Å². The van der Waals surface area contributed by atoms with E-state index in [1.165, 1.54) is 0 Å². The summed E-state index contributed by atoms with van der Waals surface area (Å²) in [5, 5.41) is 9.86. The number of aliphatic hydroxyl groups excluding tert-OH is 1.